The topological polar surface area (TPSA) is 98.8 Å². The molecule has 0 aromatic carbocycles. The molecule has 2 N–H and O–H groups in total. The molecule has 4 bridgehead atoms. The molecule has 1 aliphatic heterocycles. The van der Waals surface area contributed by atoms with Gasteiger partial charge in [-0.3, -0.25) is 9.69 Å². The van der Waals surface area contributed by atoms with Gasteiger partial charge in [0.15, 0.2) is 0 Å². The zero-order chi connectivity index (χ0) is 21.4. The van der Waals surface area contributed by atoms with E-state index in [1.54, 1.807) is 0 Å². The van der Waals surface area contributed by atoms with Crippen LogP contribution in [0.1, 0.15) is 44.9 Å². The highest BCUT2D eigenvalue weighted by Gasteiger charge is 2.51. The Hall–Kier alpha value is -1.35. The second-order valence-corrected chi connectivity index (χ2v) is 12.4. The first-order valence-corrected chi connectivity index (χ1v) is 13.5. The van der Waals surface area contributed by atoms with Crippen molar-refractivity contribution < 1.29 is 18.0 Å². The van der Waals surface area contributed by atoms with Crippen molar-refractivity contribution in [3.8, 4) is 0 Å². The molecule has 4 saturated carbocycles. The number of sulfone groups is 1. The molecular formula is C21H36N4O4S. The van der Waals surface area contributed by atoms with E-state index in [9.17, 15) is 18.0 Å². The van der Waals surface area contributed by atoms with Crippen LogP contribution in [0, 0.1) is 17.8 Å². The Morgan fingerprint density at radius 1 is 0.967 bits per heavy atom. The first kappa shape index (κ1) is 21.9. The first-order chi connectivity index (χ1) is 14.2. The molecule has 0 aromatic rings. The van der Waals surface area contributed by atoms with Crippen molar-refractivity contribution in [2.75, 3.05) is 51.3 Å². The molecule has 0 aromatic heterocycles. The summed E-state index contributed by atoms with van der Waals surface area (Å²) < 4.78 is 22.6. The van der Waals surface area contributed by atoms with Gasteiger partial charge in [0, 0.05) is 57.5 Å². The largest absolute Gasteiger partial charge is 0.340 e. The molecule has 8 nitrogen and oxygen atoms in total. The van der Waals surface area contributed by atoms with E-state index in [4.69, 9.17) is 0 Å². The molecule has 0 atom stereocenters. The Kier molecular flexibility index (Phi) is 6.30. The Morgan fingerprint density at radius 3 is 2.07 bits per heavy atom. The highest BCUT2D eigenvalue weighted by atomic mass is 32.2. The van der Waals surface area contributed by atoms with Gasteiger partial charge in [-0.2, -0.15) is 0 Å². The maximum absolute atomic E-state index is 12.5. The summed E-state index contributed by atoms with van der Waals surface area (Å²) in [6.45, 7) is 3.49. The van der Waals surface area contributed by atoms with E-state index in [0.717, 1.165) is 37.0 Å². The van der Waals surface area contributed by atoms with Crippen LogP contribution in [0.25, 0.3) is 0 Å². The molecule has 1 heterocycles. The Balaban J connectivity index is 1.14. The highest BCUT2D eigenvalue weighted by molar-refractivity contribution is 7.90. The molecule has 9 heteroatoms. The van der Waals surface area contributed by atoms with Gasteiger partial charge in [0.05, 0.1) is 5.75 Å². The molecule has 4 aliphatic carbocycles. The summed E-state index contributed by atoms with van der Waals surface area (Å²) in [7, 11) is -2.96. The number of urea groups is 1. The lowest BCUT2D eigenvalue weighted by molar-refractivity contribution is -0.132. The Bertz CT molecular complexity index is 726. The lowest BCUT2D eigenvalue weighted by atomic mass is 9.53. The molecule has 0 spiro atoms. The summed E-state index contributed by atoms with van der Waals surface area (Å²) in [6.07, 6.45) is 8.95. The zero-order valence-electron chi connectivity index (χ0n) is 18.1. The number of hydrogen-bond acceptors (Lipinski definition) is 5. The predicted molar refractivity (Wildman–Crippen MR) is 115 cm³/mol. The molecule has 5 aliphatic rings. The minimum absolute atomic E-state index is 0.00879. The number of amides is 3. The third kappa shape index (κ3) is 5.46. The fourth-order valence-corrected chi connectivity index (χ4v) is 7.10. The smallest absolute Gasteiger partial charge is 0.315 e. The summed E-state index contributed by atoms with van der Waals surface area (Å²) >= 11 is 0. The van der Waals surface area contributed by atoms with E-state index in [1.807, 2.05) is 4.90 Å². The summed E-state index contributed by atoms with van der Waals surface area (Å²) in [5, 5.41) is 6.18. The van der Waals surface area contributed by atoms with Gasteiger partial charge in [0.25, 0.3) is 0 Å². The minimum atomic E-state index is -2.96. The molecule has 0 unspecified atom stereocenters. The standard InChI is InChI=1S/C21H36N4O4S/c1-30(28,29)9-8-24-4-6-25(7-5-24)19(26)2-3-22-20(27)23-21-13-16-10-17(14-21)12-18(11-16)15-21/h16-18H,2-15H2,1H3,(H2,22,23,27). The number of nitrogens with one attached hydrogen (secondary N) is 2. The van der Waals surface area contributed by atoms with Crippen LogP contribution in [0.15, 0.2) is 0 Å². The quantitative estimate of drug-likeness (QED) is 0.611. The number of hydrogen-bond donors (Lipinski definition) is 2. The molecule has 5 rings (SSSR count). The molecule has 3 amide bonds. The van der Waals surface area contributed by atoms with Crippen LogP contribution in [-0.2, 0) is 14.6 Å². The van der Waals surface area contributed by atoms with Crippen molar-refractivity contribution in [2.24, 2.45) is 17.8 Å². The molecule has 5 fully saturated rings. The summed E-state index contributed by atoms with van der Waals surface area (Å²) in [5.41, 5.74) is -0.00879. The van der Waals surface area contributed by atoms with Crippen molar-refractivity contribution >= 4 is 21.8 Å². The third-order valence-corrected chi connectivity index (χ3v) is 8.47. The fraction of sp³-hybridized carbons (Fsp3) is 0.905. The molecule has 170 valence electrons. The van der Waals surface area contributed by atoms with Gasteiger partial charge < -0.3 is 15.5 Å². The maximum atomic E-state index is 12.5. The van der Waals surface area contributed by atoms with Gasteiger partial charge in [0.2, 0.25) is 5.91 Å². The van der Waals surface area contributed by atoms with Crippen LogP contribution < -0.4 is 10.6 Å². The SMILES string of the molecule is CS(=O)(=O)CCN1CCN(C(=O)CCNC(=O)NC23CC4CC(CC(C4)C2)C3)CC1. The van der Waals surface area contributed by atoms with Crippen molar-refractivity contribution in [1.82, 2.24) is 20.4 Å². The van der Waals surface area contributed by atoms with Crippen molar-refractivity contribution in [3.63, 3.8) is 0 Å². The van der Waals surface area contributed by atoms with Gasteiger partial charge in [-0.15, -0.1) is 0 Å². The summed E-state index contributed by atoms with van der Waals surface area (Å²) in [4.78, 5) is 28.8. The summed E-state index contributed by atoms with van der Waals surface area (Å²) in [6, 6.07) is -0.129. The van der Waals surface area contributed by atoms with Crippen molar-refractivity contribution in [2.45, 2.75) is 50.5 Å². The van der Waals surface area contributed by atoms with Gasteiger partial charge in [0.1, 0.15) is 9.84 Å². The fourth-order valence-electron chi connectivity index (χ4n) is 6.51. The average Bonchev–Trinajstić information content (AvgIpc) is 2.64. The Morgan fingerprint density at radius 2 is 1.53 bits per heavy atom. The third-order valence-electron chi connectivity index (χ3n) is 7.54. The van der Waals surface area contributed by atoms with E-state index in [-0.39, 0.29) is 23.2 Å². The number of carbonyl (C=O) groups is 2. The van der Waals surface area contributed by atoms with Crippen LogP contribution in [0.2, 0.25) is 0 Å². The van der Waals surface area contributed by atoms with Crippen molar-refractivity contribution in [1.29, 1.82) is 0 Å². The van der Waals surface area contributed by atoms with Gasteiger partial charge in [-0.25, -0.2) is 13.2 Å². The normalized spacial score (nSPS) is 33.5. The summed E-state index contributed by atoms with van der Waals surface area (Å²) in [5.74, 6) is 2.56. The van der Waals surface area contributed by atoms with E-state index in [2.05, 4.69) is 15.5 Å². The number of rotatable bonds is 7. The maximum Gasteiger partial charge on any atom is 0.315 e. The molecular weight excluding hydrogens is 404 g/mol. The number of piperazine rings is 1. The van der Waals surface area contributed by atoms with E-state index in [0.29, 0.717) is 45.7 Å². The van der Waals surface area contributed by atoms with Crippen LogP contribution in [0.3, 0.4) is 0 Å². The lowest BCUT2D eigenvalue weighted by Crippen LogP contribution is -2.61. The van der Waals surface area contributed by atoms with Gasteiger partial charge in [-0.05, 0) is 56.3 Å². The second-order valence-electron chi connectivity index (χ2n) is 10.2. The highest BCUT2D eigenvalue weighted by Crippen LogP contribution is 2.55. The van der Waals surface area contributed by atoms with Crippen LogP contribution in [0.5, 0.6) is 0 Å². The van der Waals surface area contributed by atoms with E-state index >= 15 is 0 Å². The van der Waals surface area contributed by atoms with E-state index in [1.165, 1.54) is 25.5 Å². The number of carbonyl (C=O) groups excluding carboxylic acids is 2. The zero-order valence-corrected chi connectivity index (χ0v) is 18.9. The number of nitrogens with zero attached hydrogens (tertiary/aromatic N) is 2. The second kappa shape index (κ2) is 8.65. The Labute approximate surface area is 180 Å². The average molecular weight is 441 g/mol. The van der Waals surface area contributed by atoms with Crippen molar-refractivity contribution in [3.05, 3.63) is 0 Å². The minimum Gasteiger partial charge on any atom is -0.340 e. The molecule has 1 saturated heterocycles. The first-order valence-electron chi connectivity index (χ1n) is 11.4. The van der Waals surface area contributed by atoms with Crippen LogP contribution in [-0.4, -0.2) is 87.0 Å². The molecule has 0 radical (unpaired) electrons. The molecule has 30 heavy (non-hydrogen) atoms. The van der Waals surface area contributed by atoms with Crippen LogP contribution in [0.4, 0.5) is 4.79 Å². The monoisotopic (exact) mass is 440 g/mol. The van der Waals surface area contributed by atoms with Gasteiger partial charge >= 0.3 is 6.03 Å². The van der Waals surface area contributed by atoms with Gasteiger partial charge in [-0.1, -0.05) is 0 Å². The predicted octanol–water partition coefficient (Wildman–Crippen LogP) is 0.833. The lowest BCUT2D eigenvalue weighted by Gasteiger charge is -2.56. The van der Waals surface area contributed by atoms with Crippen LogP contribution >= 0.6 is 0 Å². The van der Waals surface area contributed by atoms with E-state index < -0.39 is 9.84 Å².